The van der Waals surface area contributed by atoms with Crippen molar-refractivity contribution in [2.75, 3.05) is 13.2 Å². The molecule has 1 aliphatic carbocycles. The van der Waals surface area contributed by atoms with Crippen molar-refractivity contribution < 1.29 is 19.1 Å². The molecule has 3 N–H and O–H groups in total. The van der Waals surface area contributed by atoms with Crippen molar-refractivity contribution in [1.82, 2.24) is 5.32 Å². The minimum absolute atomic E-state index is 0.0219. The summed E-state index contributed by atoms with van der Waals surface area (Å²) in [5.74, 6) is -0.394. The molecule has 0 unspecified atom stereocenters. The Hall–Kier alpha value is -2.86. The van der Waals surface area contributed by atoms with Gasteiger partial charge >= 0.3 is 12.1 Å². The second kappa shape index (κ2) is 7.40. The number of nitrogens with one attached hydrogen (secondary N) is 1. The third kappa shape index (κ3) is 3.53. The van der Waals surface area contributed by atoms with Gasteiger partial charge in [0.05, 0.1) is 6.54 Å². The fraction of sp³-hybridized carbons (Fsp3) is 0.333. The highest BCUT2D eigenvalue weighted by Gasteiger charge is 2.30. The van der Waals surface area contributed by atoms with Gasteiger partial charge in [-0.05, 0) is 35.1 Å². The number of hydrogen-bond acceptors (Lipinski definition) is 5. The standard InChI is InChI=1S/C21H22N2O4/c22-19-10-9-13(27-20(19)24)11-23-21(25)26-12-18-16-7-3-1-5-14(16)15-6-2-4-8-17(15)18/h1-8,13,18-19H,9-12,22H2,(H,23,25)/t13-,19+/m1/s1. The minimum Gasteiger partial charge on any atom is -0.459 e. The third-order valence-electron chi connectivity index (χ3n) is 5.20. The Morgan fingerprint density at radius 1 is 1.07 bits per heavy atom. The molecule has 2 atom stereocenters. The van der Waals surface area contributed by atoms with Gasteiger partial charge in [0.25, 0.3) is 0 Å². The molecule has 6 nitrogen and oxygen atoms in total. The molecule has 0 spiro atoms. The molecular weight excluding hydrogens is 344 g/mol. The fourth-order valence-corrected chi connectivity index (χ4v) is 3.78. The molecule has 1 fully saturated rings. The molecule has 140 valence electrons. The number of nitrogens with two attached hydrogens (primary N) is 1. The molecular formula is C21H22N2O4. The highest BCUT2D eigenvalue weighted by molar-refractivity contribution is 5.79. The zero-order chi connectivity index (χ0) is 18.8. The number of cyclic esters (lactones) is 1. The van der Waals surface area contributed by atoms with Gasteiger partial charge < -0.3 is 20.5 Å². The van der Waals surface area contributed by atoms with E-state index in [0.717, 1.165) is 0 Å². The van der Waals surface area contributed by atoms with E-state index < -0.39 is 18.1 Å². The Bertz CT molecular complexity index is 821. The smallest absolute Gasteiger partial charge is 0.407 e. The molecule has 2 aliphatic rings. The fourth-order valence-electron chi connectivity index (χ4n) is 3.78. The number of benzene rings is 2. The van der Waals surface area contributed by atoms with Crippen LogP contribution in [0.4, 0.5) is 4.79 Å². The van der Waals surface area contributed by atoms with Crippen LogP contribution in [0.2, 0.25) is 0 Å². The van der Waals surface area contributed by atoms with Gasteiger partial charge in [-0.15, -0.1) is 0 Å². The first-order chi connectivity index (χ1) is 13.1. The lowest BCUT2D eigenvalue weighted by molar-refractivity contribution is -0.155. The zero-order valence-corrected chi connectivity index (χ0v) is 14.9. The molecule has 0 aromatic heterocycles. The van der Waals surface area contributed by atoms with Gasteiger partial charge in [0.1, 0.15) is 18.8 Å². The van der Waals surface area contributed by atoms with Crippen LogP contribution in [0.3, 0.4) is 0 Å². The van der Waals surface area contributed by atoms with Gasteiger partial charge in [-0.2, -0.15) is 0 Å². The van der Waals surface area contributed by atoms with Crippen molar-refractivity contribution in [3.63, 3.8) is 0 Å². The summed E-state index contributed by atoms with van der Waals surface area (Å²) >= 11 is 0. The maximum Gasteiger partial charge on any atom is 0.407 e. The first-order valence-corrected chi connectivity index (χ1v) is 9.18. The number of fused-ring (bicyclic) bond motifs is 3. The van der Waals surface area contributed by atoms with Crippen LogP contribution in [0.1, 0.15) is 29.9 Å². The molecule has 1 aliphatic heterocycles. The largest absolute Gasteiger partial charge is 0.459 e. The third-order valence-corrected chi connectivity index (χ3v) is 5.20. The van der Waals surface area contributed by atoms with Crippen LogP contribution >= 0.6 is 0 Å². The van der Waals surface area contributed by atoms with Gasteiger partial charge in [-0.3, -0.25) is 4.79 Å². The highest BCUT2D eigenvalue weighted by Crippen LogP contribution is 2.44. The van der Waals surface area contributed by atoms with Crippen LogP contribution < -0.4 is 11.1 Å². The lowest BCUT2D eigenvalue weighted by atomic mass is 9.98. The van der Waals surface area contributed by atoms with Crippen LogP contribution in [-0.4, -0.2) is 37.4 Å². The average molecular weight is 366 g/mol. The van der Waals surface area contributed by atoms with Gasteiger partial charge in [0.2, 0.25) is 0 Å². The van der Waals surface area contributed by atoms with Crippen molar-refractivity contribution in [2.24, 2.45) is 5.73 Å². The predicted octanol–water partition coefficient (Wildman–Crippen LogP) is 2.56. The molecule has 2 aromatic carbocycles. The summed E-state index contributed by atoms with van der Waals surface area (Å²) in [4.78, 5) is 23.6. The molecule has 0 saturated carbocycles. The van der Waals surface area contributed by atoms with Gasteiger partial charge in [0.15, 0.2) is 0 Å². The van der Waals surface area contributed by atoms with E-state index in [0.29, 0.717) is 12.8 Å². The second-order valence-electron chi connectivity index (χ2n) is 6.95. The number of alkyl carbamates (subject to hydrolysis) is 1. The number of carbonyl (C=O) groups excluding carboxylic acids is 2. The monoisotopic (exact) mass is 366 g/mol. The summed E-state index contributed by atoms with van der Waals surface area (Å²) in [6.45, 7) is 0.490. The Balaban J connectivity index is 1.35. The van der Waals surface area contributed by atoms with E-state index in [1.165, 1.54) is 22.3 Å². The molecule has 0 radical (unpaired) electrons. The average Bonchev–Trinajstić information content (AvgIpc) is 3.01. The molecule has 1 saturated heterocycles. The molecule has 27 heavy (non-hydrogen) atoms. The highest BCUT2D eigenvalue weighted by atomic mass is 16.6. The quantitative estimate of drug-likeness (QED) is 0.812. The van der Waals surface area contributed by atoms with E-state index in [4.69, 9.17) is 15.2 Å². The van der Waals surface area contributed by atoms with E-state index in [9.17, 15) is 9.59 Å². The maximum absolute atomic E-state index is 12.1. The number of amides is 1. The number of carbonyl (C=O) groups is 2. The Morgan fingerprint density at radius 3 is 2.33 bits per heavy atom. The van der Waals surface area contributed by atoms with E-state index >= 15 is 0 Å². The maximum atomic E-state index is 12.1. The summed E-state index contributed by atoms with van der Waals surface area (Å²) in [6.07, 6.45) is 0.340. The summed E-state index contributed by atoms with van der Waals surface area (Å²) < 4.78 is 10.6. The first kappa shape index (κ1) is 17.5. The van der Waals surface area contributed by atoms with E-state index in [2.05, 4.69) is 29.6 Å². The van der Waals surface area contributed by atoms with Crippen LogP contribution in [0, 0.1) is 0 Å². The lowest BCUT2D eigenvalue weighted by Crippen LogP contribution is -2.44. The molecule has 4 rings (SSSR count). The van der Waals surface area contributed by atoms with Crippen LogP contribution in [0.15, 0.2) is 48.5 Å². The Morgan fingerprint density at radius 2 is 1.70 bits per heavy atom. The number of esters is 1. The minimum atomic E-state index is -0.560. The van der Waals surface area contributed by atoms with Crippen molar-refractivity contribution in [3.8, 4) is 11.1 Å². The van der Waals surface area contributed by atoms with Crippen molar-refractivity contribution in [1.29, 1.82) is 0 Å². The van der Waals surface area contributed by atoms with Crippen LogP contribution in [0.5, 0.6) is 0 Å². The first-order valence-electron chi connectivity index (χ1n) is 9.18. The topological polar surface area (TPSA) is 90.7 Å². The zero-order valence-electron chi connectivity index (χ0n) is 14.9. The number of ether oxygens (including phenoxy) is 2. The summed E-state index contributed by atoms with van der Waals surface area (Å²) in [5, 5.41) is 2.68. The van der Waals surface area contributed by atoms with Crippen LogP contribution in [-0.2, 0) is 14.3 Å². The molecule has 1 amide bonds. The molecule has 1 heterocycles. The van der Waals surface area contributed by atoms with Crippen molar-refractivity contribution in [2.45, 2.75) is 30.9 Å². The molecule has 2 aromatic rings. The molecule has 0 bridgehead atoms. The number of hydrogen-bond donors (Lipinski definition) is 2. The lowest BCUT2D eigenvalue weighted by Gasteiger charge is -2.26. The van der Waals surface area contributed by atoms with Crippen LogP contribution in [0.25, 0.3) is 11.1 Å². The van der Waals surface area contributed by atoms with Crippen molar-refractivity contribution in [3.05, 3.63) is 59.7 Å². The van der Waals surface area contributed by atoms with E-state index in [-0.39, 0.29) is 25.2 Å². The molecule has 6 heteroatoms. The SMILES string of the molecule is N[C@H]1CC[C@H](CNC(=O)OCC2c3ccccc3-c3ccccc32)OC1=O. The van der Waals surface area contributed by atoms with E-state index in [1.807, 2.05) is 24.3 Å². The normalized spacial score (nSPS) is 21.1. The summed E-state index contributed by atoms with van der Waals surface area (Å²) in [5.41, 5.74) is 10.3. The number of rotatable bonds is 4. The van der Waals surface area contributed by atoms with Gasteiger partial charge in [0, 0.05) is 5.92 Å². The van der Waals surface area contributed by atoms with E-state index in [1.54, 1.807) is 0 Å². The predicted molar refractivity (Wildman–Crippen MR) is 100 cm³/mol. The van der Waals surface area contributed by atoms with Gasteiger partial charge in [-0.25, -0.2) is 4.79 Å². The summed E-state index contributed by atoms with van der Waals surface area (Å²) in [6, 6.07) is 15.8. The Kier molecular flexibility index (Phi) is 4.81. The Labute approximate surface area is 157 Å². The summed E-state index contributed by atoms with van der Waals surface area (Å²) in [7, 11) is 0. The second-order valence-corrected chi connectivity index (χ2v) is 6.95. The van der Waals surface area contributed by atoms with Crippen molar-refractivity contribution >= 4 is 12.1 Å². The van der Waals surface area contributed by atoms with Gasteiger partial charge in [-0.1, -0.05) is 48.5 Å².